The number of carbonyl (C=O) groups excluding carboxylic acids is 1. The molecule has 1 N–H and O–H groups in total. The molecule has 0 aliphatic rings. The molecule has 0 aromatic heterocycles. The monoisotopic (exact) mass is 331 g/mol. The van der Waals surface area contributed by atoms with Gasteiger partial charge in [-0.05, 0) is 61.7 Å². The third-order valence-corrected chi connectivity index (χ3v) is 3.57. The van der Waals surface area contributed by atoms with Crippen LogP contribution in [0.5, 0.6) is 11.5 Å². The summed E-state index contributed by atoms with van der Waals surface area (Å²) in [5.41, 5.74) is 1.17. The Hall–Kier alpha value is -2.56. The van der Waals surface area contributed by atoms with E-state index in [-0.39, 0.29) is 11.7 Å². The molecule has 0 heterocycles. The zero-order valence-electron chi connectivity index (χ0n) is 13.9. The molecule has 4 nitrogen and oxygen atoms in total. The summed E-state index contributed by atoms with van der Waals surface area (Å²) in [6.07, 6.45) is 1.04. The molecule has 24 heavy (non-hydrogen) atoms. The van der Waals surface area contributed by atoms with E-state index < -0.39 is 6.10 Å². The van der Waals surface area contributed by atoms with Crippen molar-refractivity contribution < 1.29 is 18.7 Å². The van der Waals surface area contributed by atoms with Crippen molar-refractivity contribution in [2.24, 2.45) is 0 Å². The van der Waals surface area contributed by atoms with Gasteiger partial charge in [0.25, 0.3) is 5.91 Å². The zero-order chi connectivity index (χ0) is 17.4. The van der Waals surface area contributed by atoms with Crippen LogP contribution in [0.1, 0.15) is 18.9 Å². The molecule has 5 heteroatoms. The molecule has 0 saturated heterocycles. The fourth-order valence-electron chi connectivity index (χ4n) is 2.25. The molecule has 0 bridgehead atoms. The molecule has 1 amide bonds. The third kappa shape index (κ3) is 5.57. The van der Waals surface area contributed by atoms with Crippen LogP contribution in [-0.4, -0.2) is 25.7 Å². The van der Waals surface area contributed by atoms with Gasteiger partial charge >= 0.3 is 0 Å². The number of carbonyl (C=O) groups is 1. The minimum absolute atomic E-state index is 0.190. The highest BCUT2D eigenvalue weighted by Crippen LogP contribution is 2.14. The maximum Gasteiger partial charge on any atom is 0.260 e. The number of aryl methyl sites for hydroxylation is 1. The van der Waals surface area contributed by atoms with Crippen molar-refractivity contribution >= 4 is 5.91 Å². The zero-order valence-corrected chi connectivity index (χ0v) is 13.9. The van der Waals surface area contributed by atoms with E-state index in [1.165, 1.54) is 29.8 Å². The Balaban J connectivity index is 1.71. The summed E-state index contributed by atoms with van der Waals surface area (Å²) in [5, 5.41) is 2.84. The second kappa shape index (κ2) is 8.91. The molecule has 0 fully saturated rings. The Morgan fingerprint density at radius 3 is 2.62 bits per heavy atom. The van der Waals surface area contributed by atoms with Crippen molar-refractivity contribution in [2.75, 3.05) is 13.7 Å². The Morgan fingerprint density at radius 2 is 1.92 bits per heavy atom. The molecule has 0 aliphatic heterocycles. The fraction of sp³-hybridized carbons (Fsp3) is 0.316. The van der Waals surface area contributed by atoms with Crippen LogP contribution in [0, 0.1) is 5.82 Å². The minimum atomic E-state index is -0.632. The molecule has 2 aromatic carbocycles. The second-order valence-electron chi connectivity index (χ2n) is 5.46. The molecule has 0 saturated carbocycles. The summed E-state index contributed by atoms with van der Waals surface area (Å²) in [5.74, 6) is 0.773. The molecular weight excluding hydrogens is 309 g/mol. The van der Waals surface area contributed by atoms with Crippen LogP contribution in [0.15, 0.2) is 48.5 Å². The van der Waals surface area contributed by atoms with E-state index in [0.29, 0.717) is 12.3 Å². The van der Waals surface area contributed by atoms with Gasteiger partial charge in [-0.2, -0.15) is 0 Å². The molecule has 2 aromatic rings. The van der Waals surface area contributed by atoms with Gasteiger partial charge in [0.15, 0.2) is 6.10 Å². The molecule has 0 aliphatic carbocycles. The lowest BCUT2D eigenvalue weighted by molar-refractivity contribution is -0.127. The van der Waals surface area contributed by atoms with Crippen LogP contribution in [0.4, 0.5) is 4.39 Å². The molecule has 0 spiro atoms. The minimum Gasteiger partial charge on any atom is -0.497 e. The van der Waals surface area contributed by atoms with Gasteiger partial charge in [0.05, 0.1) is 7.11 Å². The number of ether oxygens (including phenoxy) is 2. The second-order valence-corrected chi connectivity index (χ2v) is 5.46. The fourth-order valence-corrected chi connectivity index (χ4v) is 2.25. The van der Waals surface area contributed by atoms with Crippen molar-refractivity contribution in [3.63, 3.8) is 0 Å². The number of benzene rings is 2. The van der Waals surface area contributed by atoms with Gasteiger partial charge in [-0.3, -0.25) is 4.79 Å². The van der Waals surface area contributed by atoms with E-state index in [4.69, 9.17) is 9.47 Å². The van der Waals surface area contributed by atoms with Crippen molar-refractivity contribution in [3.8, 4) is 11.5 Å². The summed E-state index contributed by atoms with van der Waals surface area (Å²) in [4.78, 5) is 12.0. The predicted octanol–water partition coefficient (Wildman–Crippen LogP) is 3.35. The van der Waals surface area contributed by atoms with Crippen LogP contribution < -0.4 is 14.8 Å². The summed E-state index contributed by atoms with van der Waals surface area (Å²) in [6.45, 7) is 2.23. The summed E-state index contributed by atoms with van der Waals surface area (Å²) in [7, 11) is 1.64. The van der Waals surface area contributed by atoms with Crippen molar-refractivity contribution in [1.29, 1.82) is 0 Å². The number of methoxy groups -OCH3 is 1. The highest BCUT2D eigenvalue weighted by Gasteiger charge is 2.13. The first-order valence-electron chi connectivity index (χ1n) is 7.91. The lowest BCUT2D eigenvalue weighted by Crippen LogP contribution is -2.36. The van der Waals surface area contributed by atoms with Crippen molar-refractivity contribution in [2.45, 2.75) is 25.9 Å². The van der Waals surface area contributed by atoms with Crippen LogP contribution in [0.25, 0.3) is 0 Å². The summed E-state index contributed by atoms with van der Waals surface area (Å²) >= 11 is 0. The predicted molar refractivity (Wildman–Crippen MR) is 90.8 cm³/mol. The van der Waals surface area contributed by atoms with Crippen LogP contribution in [0.3, 0.4) is 0 Å². The standard InChI is InChI=1S/C19H22FNO3/c1-14(24-17-10-8-16(20)9-11-17)19(22)21-12-4-6-15-5-3-7-18(13-15)23-2/h3,5,7-11,13-14H,4,6,12H2,1-2H3,(H,21,22)/t14-/m1/s1. The van der Waals surface area contributed by atoms with Gasteiger partial charge in [-0.25, -0.2) is 4.39 Å². The van der Waals surface area contributed by atoms with E-state index in [0.717, 1.165) is 18.6 Å². The highest BCUT2D eigenvalue weighted by molar-refractivity contribution is 5.80. The van der Waals surface area contributed by atoms with Crippen molar-refractivity contribution in [3.05, 3.63) is 59.9 Å². The Bertz CT molecular complexity index is 658. The molecule has 128 valence electrons. The van der Waals surface area contributed by atoms with Crippen LogP contribution >= 0.6 is 0 Å². The lowest BCUT2D eigenvalue weighted by atomic mass is 10.1. The van der Waals surface area contributed by atoms with Gasteiger partial charge < -0.3 is 14.8 Å². The smallest absolute Gasteiger partial charge is 0.260 e. The number of rotatable bonds is 8. The van der Waals surface area contributed by atoms with Crippen molar-refractivity contribution in [1.82, 2.24) is 5.32 Å². The van der Waals surface area contributed by atoms with Gasteiger partial charge in [-0.15, -0.1) is 0 Å². The Labute approximate surface area is 141 Å². The SMILES string of the molecule is COc1cccc(CCCNC(=O)[C@@H](C)Oc2ccc(F)cc2)c1. The summed E-state index contributed by atoms with van der Waals surface area (Å²) in [6, 6.07) is 13.5. The average molecular weight is 331 g/mol. The number of amides is 1. The van der Waals surface area contributed by atoms with Crippen LogP contribution in [0.2, 0.25) is 0 Å². The van der Waals surface area contributed by atoms with Crippen LogP contribution in [-0.2, 0) is 11.2 Å². The Morgan fingerprint density at radius 1 is 1.17 bits per heavy atom. The number of hydrogen-bond donors (Lipinski definition) is 1. The topological polar surface area (TPSA) is 47.6 Å². The molecule has 0 unspecified atom stereocenters. The molecule has 1 atom stereocenters. The number of nitrogens with one attached hydrogen (secondary N) is 1. The normalized spacial score (nSPS) is 11.6. The quantitative estimate of drug-likeness (QED) is 0.755. The molecular formula is C19H22FNO3. The van der Waals surface area contributed by atoms with Gasteiger partial charge in [-0.1, -0.05) is 12.1 Å². The average Bonchev–Trinajstić information content (AvgIpc) is 2.60. The summed E-state index contributed by atoms with van der Waals surface area (Å²) < 4.78 is 23.5. The highest BCUT2D eigenvalue weighted by atomic mass is 19.1. The van der Waals surface area contributed by atoms with Gasteiger partial charge in [0.1, 0.15) is 17.3 Å². The lowest BCUT2D eigenvalue weighted by Gasteiger charge is -2.14. The van der Waals surface area contributed by atoms with E-state index >= 15 is 0 Å². The number of hydrogen-bond acceptors (Lipinski definition) is 3. The van der Waals surface area contributed by atoms with E-state index in [1.54, 1.807) is 14.0 Å². The first-order chi connectivity index (χ1) is 11.6. The third-order valence-electron chi connectivity index (χ3n) is 3.57. The molecule has 0 radical (unpaired) electrons. The largest absolute Gasteiger partial charge is 0.497 e. The number of halogens is 1. The van der Waals surface area contributed by atoms with E-state index in [9.17, 15) is 9.18 Å². The first-order valence-corrected chi connectivity index (χ1v) is 7.91. The molecule has 2 rings (SSSR count). The van der Waals surface area contributed by atoms with Gasteiger partial charge in [0, 0.05) is 6.54 Å². The first kappa shape index (κ1) is 17.8. The Kier molecular flexibility index (Phi) is 6.61. The van der Waals surface area contributed by atoms with E-state index in [1.807, 2.05) is 24.3 Å². The maximum atomic E-state index is 12.8. The maximum absolute atomic E-state index is 12.8. The van der Waals surface area contributed by atoms with Gasteiger partial charge in [0.2, 0.25) is 0 Å². The van der Waals surface area contributed by atoms with E-state index in [2.05, 4.69) is 5.32 Å².